The average molecular weight is 519 g/mol. The molecule has 0 bridgehead atoms. The fraction of sp³-hybridized carbons (Fsp3) is 0.0769. The van der Waals surface area contributed by atoms with Gasteiger partial charge in [-0.2, -0.15) is 0 Å². The van der Waals surface area contributed by atoms with E-state index in [2.05, 4.69) is 27.3 Å². The number of fused-ring (bicyclic) bond motifs is 1. The lowest BCUT2D eigenvalue weighted by Gasteiger charge is -2.16. The Bertz CT molecular complexity index is 1430. The number of anilines is 1. The minimum atomic E-state index is -0.216. The molecule has 1 aromatic heterocycles. The molecule has 5 nitrogen and oxygen atoms in total. The molecule has 7 heteroatoms. The van der Waals surface area contributed by atoms with Crippen LogP contribution in [0.5, 0.6) is 5.75 Å². The summed E-state index contributed by atoms with van der Waals surface area (Å²) in [5, 5.41) is 5.57. The molecule has 1 saturated heterocycles. The number of amides is 1. The molecule has 0 atom stereocenters. The van der Waals surface area contributed by atoms with Gasteiger partial charge in [0.1, 0.15) is 29.6 Å². The Hall–Kier alpha value is -3.42. The van der Waals surface area contributed by atoms with Gasteiger partial charge in [-0.25, -0.2) is 0 Å². The van der Waals surface area contributed by atoms with Crippen molar-refractivity contribution in [3.8, 4) is 5.75 Å². The van der Waals surface area contributed by atoms with E-state index in [0.717, 1.165) is 32.2 Å². The number of aryl methyl sites for hydroxylation is 1. The number of furan rings is 1. The molecule has 1 aliphatic rings. The van der Waals surface area contributed by atoms with Gasteiger partial charge < -0.3 is 14.5 Å². The summed E-state index contributed by atoms with van der Waals surface area (Å²) in [7, 11) is 0. The van der Waals surface area contributed by atoms with Crippen molar-refractivity contribution in [3.05, 3.63) is 100 Å². The summed E-state index contributed by atoms with van der Waals surface area (Å²) in [6.07, 6.45) is 1.66. The zero-order valence-electron chi connectivity index (χ0n) is 17.7. The second-order valence-electron chi connectivity index (χ2n) is 7.66. The molecule has 0 spiro atoms. The second-order valence-corrected chi connectivity index (χ2v) is 8.96. The Kier molecular flexibility index (Phi) is 5.74. The fourth-order valence-electron chi connectivity index (χ4n) is 3.70. The number of benzene rings is 3. The van der Waals surface area contributed by atoms with E-state index in [1.54, 1.807) is 12.1 Å². The van der Waals surface area contributed by atoms with Gasteiger partial charge >= 0.3 is 0 Å². The molecule has 0 radical (unpaired) electrons. The van der Waals surface area contributed by atoms with Crippen molar-refractivity contribution in [2.45, 2.75) is 13.5 Å². The van der Waals surface area contributed by atoms with Crippen LogP contribution in [-0.2, 0) is 11.4 Å². The monoisotopic (exact) mass is 518 g/mol. The third-order valence-corrected chi connectivity index (χ3v) is 6.14. The summed E-state index contributed by atoms with van der Waals surface area (Å²) in [5.74, 6) is 1.74. The van der Waals surface area contributed by atoms with Gasteiger partial charge in [0.15, 0.2) is 5.11 Å². The summed E-state index contributed by atoms with van der Waals surface area (Å²) < 4.78 is 12.8. The maximum absolute atomic E-state index is 13.0. The lowest BCUT2D eigenvalue weighted by molar-refractivity contribution is -0.113. The summed E-state index contributed by atoms with van der Waals surface area (Å²) >= 11 is 8.88. The number of carbonyl (C=O) groups is 1. The number of carbonyl (C=O) groups excluding carboxylic acids is 1. The van der Waals surface area contributed by atoms with E-state index in [1.165, 1.54) is 4.90 Å². The highest BCUT2D eigenvalue weighted by atomic mass is 79.9. The van der Waals surface area contributed by atoms with Crippen LogP contribution in [0.15, 0.2) is 87.4 Å². The van der Waals surface area contributed by atoms with E-state index in [-0.39, 0.29) is 12.5 Å². The highest BCUT2D eigenvalue weighted by Gasteiger charge is 2.32. The lowest BCUT2D eigenvalue weighted by atomic mass is 10.1. The van der Waals surface area contributed by atoms with Gasteiger partial charge in [0, 0.05) is 10.5 Å². The molecule has 0 aliphatic carbocycles. The third-order valence-electron chi connectivity index (χ3n) is 5.36. The standard InChI is InChI=1S/C26H19BrN2O3S/c1-16-4-2-3-5-24(16)29-25(30)23(28-26(29)33)14-21-10-11-22(32-21)15-31-20-9-7-17-12-19(27)8-6-18(17)13-20/h2-14H,15H2,1H3,(H,28,33)/b23-14+. The SMILES string of the molecule is Cc1ccccc1N1C(=O)/C(=C\c2ccc(COc3ccc4cc(Br)ccc4c3)o2)NC1=S. The Balaban J connectivity index is 1.29. The number of rotatable bonds is 5. The van der Waals surface area contributed by atoms with Crippen molar-refractivity contribution in [3.63, 3.8) is 0 Å². The molecule has 33 heavy (non-hydrogen) atoms. The molecule has 1 fully saturated rings. The number of nitrogens with zero attached hydrogens (tertiary/aromatic N) is 1. The number of hydrogen-bond acceptors (Lipinski definition) is 4. The summed E-state index contributed by atoms with van der Waals surface area (Å²) in [6, 6.07) is 23.3. The molecule has 164 valence electrons. The van der Waals surface area contributed by atoms with Crippen LogP contribution in [0.1, 0.15) is 17.1 Å². The van der Waals surface area contributed by atoms with Crippen LogP contribution in [0, 0.1) is 6.92 Å². The first kappa shape index (κ1) is 21.4. The predicted octanol–water partition coefficient (Wildman–Crippen LogP) is 6.34. The Morgan fingerprint density at radius 1 is 1.06 bits per heavy atom. The minimum absolute atomic E-state index is 0.216. The predicted molar refractivity (Wildman–Crippen MR) is 137 cm³/mol. The van der Waals surface area contributed by atoms with Gasteiger partial charge in [-0.15, -0.1) is 0 Å². The highest BCUT2D eigenvalue weighted by molar-refractivity contribution is 9.10. The van der Waals surface area contributed by atoms with Gasteiger partial charge in [0.05, 0.1) is 5.69 Å². The van der Waals surface area contributed by atoms with Gasteiger partial charge in [-0.3, -0.25) is 9.69 Å². The first-order valence-electron chi connectivity index (χ1n) is 10.3. The molecular weight excluding hydrogens is 500 g/mol. The van der Waals surface area contributed by atoms with Crippen LogP contribution < -0.4 is 15.0 Å². The summed E-state index contributed by atoms with van der Waals surface area (Å²) in [6.45, 7) is 2.22. The number of nitrogens with one attached hydrogen (secondary N) is 1. The van der Waals surface area contributed by atoms with Gasteiger partial charge in [0.25, 0.3) is 5.91 Å². The Morgan fingerprint density at radius 2 is 1.85 bits per heavy atom. The summed E-state index contributed by atoms with van der Waals surface area (Å²) in [5.41, 5.74) is 2.10. The van der Waals surface area contributed by atoms with Crippen LogP contribution >= 0.6 is 28.1 Å². The minimum Gasteiger partial charge on any atom is -0.486 e. The highest BCUT2D eigenvalue weighted by Crippen LogP contribution is 2.27. The first-order chi connectivity index (χ1) is 16.0. The topological polar surface area (TPSA) is 54.7 Å². The zero-order valence-corrected chi connectivity index (χ0v) is 20.1. The first-order valence-corrected chi connectivity index (χ1v) is 11.5. The van der Waals surface area contributed by atoms with Gasteiger partial charge in [-0.1, -0.05) is 46.3 Å². The molecule has 0 unspecified atom stereocenters. The van der Waals surface area contributed by atoms with Crippen molar-refractivity contribution in [2.24, 2.45) is 0 Å². The largest absolute Gasteiger partial charge is 0.486 e. The molecule has 1 amide bonds. The van der Waals surface area contributed by atoms with Crippen LogP contribution in [0.3, 0.4) is 0 Å². The molecular formula is C26H19BrN2O3S. The molecule has 5 rings (SSSR count). The van der Waals surface area contributed by atoms with Crippen molar-refractivity contribution in [2.75, 3.05) is 4.90 Å². The van der Waals surface area contributed by atoms with E-state index in [1.807, 2.05) is 67.6 Å². The van der Waals surface area contributed by atoms with E-state index in [0.29, 0.717) is 22.3 Å². The maximum atomic E-state index is 13.0. The molecule has 3 aromatic carbocycles. The van der Waals surface area contributed by atoms with Crippen LogP contribution in [0.25, 0.3) is 16.8 Å². The molecule has 0 saturated carbocycles. The zero-order chi connectivity index (χ0) is 22.9. The smallest absolute Gasteiger partial charge is 0.281 e. The van der Waals surface area contributed by atoms with Crippen molar-refractivity contribution in [1.82, 2.24) is 5.32 Å². The van der Waals surface area contributed by atoms with Crippen LogP contribution in [0.4, 0.5) is 5.69 Å². The van der Waals surface area contributed by atoms with E-state index in [4.69, 9.17) is 21.4 Å². The Labute approximate surface area is 204 Å². The quantitative estimate of drug-likeness (QED) is 0.246. The van der Waals surface area contributed by atoms with Crippen molar-refractivity contribution >= 4 is 61.7 Å². The number of para-hydroxylation sites is 1. The number of ether oxygens (including phenoxy) is 1. The Morgan fingerprint density at radius 3 is 2.70 bits per heavy atom. The van der Waals surface area contributed by atoms with Crippen molar-refractivity contribution in [1.29, 1.82) is 0 Å². The fourth-order valence-corrected chi connectivity index (χ4v) is 4.37. The van der Waals surface area contributed by atoms with E-state index in [9.17, 15) is 4.79 Å². The second kappa shape index (κ2) is 8.84. The van der Waals surface area contributed by atoms with Gasteiger partial charge in [0.2, 0.25) is 0 Å². The number of thiocarbonyl (C=S) groups is 1. The average Bonchev–Trinajstić information content (AvgIpc) is 3.36. The number of halogens is 1. The molecule has 2 heterocycles. The maximum Gasteiger partial charge on any atom is 0.281 e. The lowest BCUT2D eigenvalue weighted by Crippen LogP contribution is -2.30. The van der Waals surface area contributed by atoms with Crippen LogP contribution in [0.2, 0.25) is 0 Å². The van der Waals surface area contributed by atoms with E-state index < -0.39 is 0 Å². The molecule has 1 N–H and O–H groups in total. The van der Waals surface area contributed by atoms with Crippen molar-refractivity contribution < 1.29 is 13.9 Å². The van der Waals surface area contributed by atoms with Gasteiger partial charge in [-0.05, 0) is 77.9 Å². The number of hydrogen-bond donors (Lipinski definition) is 1. The molecule has 1 aliphatic heterocycles. The summed E-state index contributed by atoms with van der Waals surface area (Å²) in [4.78, 5) is 14.5. The third kappa shape index (κ3) is 4.42. The van der Waals surface area contributed by atoms with Crippen LogP contribution in [-0.4, -0.2) is 11.0 Å². The normalized spacial score (nSPS) is 14.8. The van der Waals surface area contributed by atoms with E-state index >= 15 is 0 Å². The molecule has 4 aromatic rings.